The smallest absolute Gasteiger partial charge is 0.187 e. The first-order valence-electron chi connectivity index (χ1n) is 7.72. The third kappa shape index (κ3) is 3.68. The summed E-state index contributed by atoms with van der Waals surface area (Å²) in [7, 11) is 0. The fourth-order valence-electron chi connectivity index (χ4n) is 2.99. The van der Waals surface area contributed by atoms with E-state index in [0.29, 0.717) is 0 Å². The molecular formula is C14H26O9. The molecule has 6 N–H and O–H groups in total. The van der Waals surface area contributed by atoms with E-state index in [4.69, 9.17) is 14.2 Å². The van der Waals surface area contributed by atoms with Crippen molar-refractivity contribution in [3.8, 4) is 0 Å². The maximum Gasteiger partial charge on any atom is 0.187 e. The monoisotopic (exact) mass is 338 g/mol. The second-order valence-electron chi connectivity index (χ2n) is 6.21. The summed E-state index contributed by atoms with van der Waals surface area (Å²) < 4.78 is 16.3. The molecule has 0 spiro atoms. The van der Waals surface area contributed by atoms with E-state index in [1.165, 1.54) is 0 Å². The number of hydrogen-bond donors (Lipinski definition) is 6. The van der Waals surface area contributed by atoms with Crippen LogP contribution in [0, 0.1) is 5.92 Å². The van der Waals surface area contributed by atoms with Crippen LogP contribution in [-0.4, -0.2) is 99.0 Å². The normalized spacial score (nSPS) is 51.7. The minimum absolute atomic E-state index is 0.377. The molecule has 2 saturated heterocycles. The maximum atomic E-state index is 10.2. The lowest BCUT2D eigenvalue weighted by molar-refractivity contribution is -0.334. The lowest BCUT2D eigenvalue weighted by atomic mass is 9.90. The molecule has 9 heteroatoms. The molecule has 0 aromatic heterocycles. The standard InChI is InChI=1S/C14H26O9/c1-5-7(3-15)22-14(12(20)9(5)17)23-13-8(4-16)21-6(2)10(18)11(13)19/h5-20H,3-4H2,1-2H3/t5-,6+,7?,8-,9+,10?,11?,12?,13-,14-/m0/s1. The third-order valence-corrected chi connectivity index (χ3v) is 4.64. The van der Waals surface area contributed by atoms with Gasteiger partial charge in [-0.05, 0) is 6.92 Å². The van der Waals surface area contributed by atoms with Gasteiger partial charge in [0.15, 0.2) is 6.29 Å². The van der Waals surface area contributed by atoms with E-state index in [0.717, 1.165) is 0 Å². The minimum atomic E-state index is -1.41. The molecule has 2 heterocycles. The molecule has 2 aliphatic heterocycles. The van der Waals surface area contributed by atoms with Crippen molar-refractivity contribution in [2.45, 2.75) is 69.0 Å². The molecule has 4 unspecified atom stereocenters. The molecule has 0 bridgehead atoms. The highest BCUT2D eigenvalue weighted by Crippen LogP contribution is 2.30. The van der Waals surface area contributed by atoms with Crippen LogP contribution < -0.4 is 0 Å². The predicted octanol–water partition coefficient (Wildman–Crippen LogP) is -3.05. The summed E-state index contributed by atoms with van der Waals surface area (Å²) in [6.45, 7) is 2.32. The van der Waals surface area contributed by atoms with Crippen molar-refractivity contribution < 1.29 is 44.8 Å². The Morgan fingerprint density at radius 2 is 1.39 bits per heavy atom. The van der Waals surface area contributed by atoms with E-state index in [9.17, 15) is 30.6 Å². The topological polar surface area (TPSA) is 149 Å². The Balaban J connectivity index is 2.11. The molecular weight excluding hydrogens is 312 g/mol. The van der Waals surface area contributed by atoms with Gasteiger partial charge in [-0.25, -0.2) is 0 Å². The Labute approximate surface area is 134 Å². The van der Waals surface area contributed by atoms with Gasteiger partial charge in [0.2, 0.25) is 0 Å². The van der Waals surface area contributed by atoms with Gasteiger partial charge in [0.1, 0.15) is 30.5 Å². The molecule has 136 valence electrons. The highest BCUT2D eigenvalue weighted by molar-refractivity contribution is 4.93. The average molecular weight is 338 g/mol. The molecule has 9 nitrogen and oxygen atoms in total. The third-order valence-electron chi connectivity index (χ3n) is 4.64. The molecule has 0 aromatic carbocycles. The molecule has 10 atom stereocenters. The summed E-state index contributed by atoms with van der Waals surface area (Å²) in [5.41, 5.74) is 0. The summed E-state index contributed by atoms with van der Waals surface area (Å²) in [5.74, 6) is -0.512. The molecule has 2 fully saturated rings. The minimum Gasteiger partial charge on any atom is -0.394 e. The van der Waals surface area contributed by atoms with Gasteiger partial charge in [-0.15, -0.1) is 0 Å². The molecule has 0 radical (unpaired) electrons. The Kier molecular flexibility index (Phi) is 6.34. The summed E-state index contributed by atoms with van der Waals surface area (Å²) in [6, 6.07) is 0. The van der Waals surface area contributed by atoms with Gasteiger partial charge in [-0.3, -0.25) is 0 Å². The lowest BCUT2D eigenvalue weighted by Crippen LogP contribution is -2.62. The highest BCUT2D eigenvalue weighted by atomic mass is 16.7. The van der Waals surface area contributed by atoms with Crippen LogP contribution in [0.15, 0.2) is 0 Å². The maximum absolute atomic E-state index is 10.2. The lowest BCUT2D eigenvalue weighted by Gasteiger charge is -2.46. The Morgan fingerprint density at radius 3 is 1.96 bits per heavy atom. The van der Waals surface area contributed by atoms with Crippen molar-refractivity contribution in [1.29, 1.82) is 0 Å². The SMILES string of the molecule is C[C@H]1O[C@@H](CO)[C@H](O[C@@H]2OC(CO)[C@H](C)[C@@H](O)C2O)C(O)C1O. The average Bonchev–Trinajstić information content (AvgIpc) is 2.55. The molecule has 0 amide bonds. The van der Waals surface area contributed by atoms with Gasteiger partial charge in [0, 0.05) is 5.92 Å². The Bertz CT molecular complexity index is 377. The van der Waals surface area contributed by atoms with Crippen molar-refractivity contribution in [2.75, 3.05) is 13.2 Å². The highest BCUT2D eigenvalue weighted by Gasteiger charge is 2.48. The summed E-state index contributed by atoms with van der Waals surface area (Å²) in [6.07, 6.45) is -10.1. The van der Waals surface area contributed by atoms with Gasteiger partial charge in [-0.1, -0.05) is 6.92 Å². The van der Waals surface area contributed by atoms with Crippen molar-refractivity contribution in [3.63, 3.8) is 0 Å². The number of rotatable bonds is 4. The summed E-state index contributed by atoms with van der Waals surface area (Å²) in [5, 5.41) is 58.8. The van der Waals surface area contributed by atoms with E-state index in [-0.39, 0.29) is 6.61 Å². The quantitative estimate of drug-likeness (QED) is 0.314. The van der Waals surface area contributed by atoms with Crippen LogP contribution in [0.25, 0.3) is 0 Å². The summed E-state index contributed by atoms with van der Waals surface area (Å²) >= 11 is 0. The van der Waals surface area contributed by atoms with Crippen molar-refractivity contribution in [1.82, 2.24) is 0 Å². The van der Waals surface area contributed by atoms with Gasteiger partial charge < -0.3 is 44.8 Å². The zero-order chi connectivity index (χ0) is 17.3. The number of hydrogen-bond acceptors (Lipinski definition) is 9. The number of aliphatic hydroxyl groups is 6. The van der Waals surface area contributed by atoms with Crippen LogP contribution in [0.4, 0.5) is 0 Å². The van der Waals surface area contributed by atoms with Crippen LogP contribution in [0.3, 0.4) is 0 Å². The van der Waals surface area contributed by atoms with Crippen LogP contribution in [0.5, 0.6) is 0 Å². The van der Waals surface area contributed by atoms with Crippen LogP contribution in [-0.2, 0) is 14.2 Å². The molecule has 2 rings (SSSR count). The van der Waals surface area contributed by atoms with Gasteiger partial charge in [0.05, 0.1) is 31.5 Å². The van der Waals surface area contributed by atoms with Gasteiger partial charge >= 0.3 is 0 Å². The van der Waals surface area contributed by atoms with Crippen molar-refractivity contribution in [2.24, 2.45) is 5.92 Å². The van der Waals surface area contributed by atoms with E-state index < -0.39 is 67.6 Å². The van der Waals surface area contributed by atoms with E-state index in [1.807, 2.05) is 0 Å². The molecule has 0 aromatic rings. The molecule has 2 aliphatic rings. The second kappa shape index (κ2) is 7.68. The molecule has 23 heavy (non-hydrogen) atoms. The fraction of sp³-hybridized carbons (Fsp3) is 1.00. The zero-order valence-electron chi connectivity index (χ0n) is 13.1. The van der Waals surface area contributed by atoms with Crippen molar-refractivity contribution >= 4 is 0 Å². The largest absolute Gasteiger partial charge is 0.394 e. The van der Waals surface area contributed by atoms with Crippen LogP contribution in [0.2, 0.25) is 0 Å². The van der Waals surface area contributed by atoms with E-state index in [1.54, 1.807) is 13.8 Å². The number of ether oxygens (including phenoxy) is 3. The number of aliphatic hydroxyl groups excluding tert-OH is 6. The molecule has 0 saturated carbocycles. The van der Waals surface area contributed by atoms with E-state index in [2.05, 4.69) is 0 Å². The second-order valence-corrected chi connectivity index (χ2v) is 6.21. The molecule has 0 aliphatic carbocycles. The van der Waals surface area contributed by atoms with Crippen molar-refractivity contribution in [3.05, 3.63) is 0 Å². The van der Waals surface area contributed by atoms with E-state index >= 15 is 0 Å². The summed E-state index contributed by atoms with van der Waals surface area (Å²) in [4.78, 5) is 0. The predicted molar refractivity (Wildman–Crippen MR) is 75.2 cm³/mol. The van der Waals surface area contributed by atoms with Crippen LogP contribution in [0.1, 0.15) is 13.8 Å². The van der Waals surface area contributed by atoms with Gasteiger partial charge in [0.25, 0.3) is 0 Å². The fourth-order valence-corrected chi connectivity index (χ4v) is 2.99. The Morgan fingerprint density at radius 1 is 0.783 bits per heavy atom. The Hall–Kier alpha value is -0.360. The first kappa shape index (κ1) is 19.0. The van der Waals surface area contributed by atoms with Crippen LogP contribution >= 0.6 is 0 Å². The van der Waals surface area contributed by atoms with Gasteiger partial charge in [-0.2, -0.15) is 0 Å². The first-order valence-corrected chi connectivity index (χ1v) is 7.72. The first-order chi connectivity index (χ1) is 10.8. The zero-order valence-corrected chi connectivity index (χ0v) is 13.1.